The molecule has 0 bridgehead atoms. The van der Waals surface area contributed by atoms with Crippen molar-refractivity contribution in [3.05, 3.63) is 22.8 Å². The molecule has 1 fully saturated rings. The second-order valence-corrected chi connectivity index (χ2v) is 4.17. The number of ether oxygens (including phenoxy) is 1. The molecule has 0 aromatic carbocycles. The highest BCUT2D eigenvalue weighted by atomic mass is 35.5. The van der Waals surface area contributed by atoms with E-state index < -0.39 is 0 Å². The fraction of sp³-hybridized carbons (Fsp3) is 0.500. The lowest BCUT2D eigenvalue weighted by Gasteiger charge is -2.16. The number of hydrogen-bond donors (Lipinski definition) is 1. The van der Waals surface area contributed by atoms with E-state index in [-0.39, 0.29) is 5.41 Å². The Morgan fingerprint density at radius 1 is 1.53 bits per heavy atom. The maximum atomic E-state index is 5.80. The summed E-state index contributed by atoms with van der Waals surface area (Å²) < 4.78 is 5.21. The van der Waals surface area contributed by atoms with Crippen LogP contribution in [0.15, 0.2) is 12.1 Å². The van der Waals surface area contributed by atoms with Crippen LogP contribution in [0.1, 0.15) is 18.4 Å². The minimum absolute atomic E-state index is 0.0162. The Morgan fingerprint density at radius 3 is 2.80 bits per heavy atom. The molecule has 5 heteroatoms. The lowest BCUT2D eigenvalue weighted by Crippen LogP contribution is -2.19. The van der Waals surface area contributed by atoms with E-state index in [1.807, 2.05) is 6.07 Å². The van der Waals surface area contributed by atoms with Crippen molar-refractivity contribution in [2.45, 2.75) is 18.3 Å². The smallest absolute Gasteiger partial charge is 0.218 e. The second-order valence-electron chi connectivity index (χ2n) is 3.78. The van der Waals surface area contributed by atoms with Crippen molar-refractivity contribution < 1.29 is 9.57 Å². The van der Waals surface area contributed by atoms with E-state index in [0.29, 0.717) is 17.6 Å². The van der Waals surface area contributed by atoms with Gasteiger partial charge in [0.1, 0.15) is 5.15 Å². The Kier molecular flexibility index (Phi) is 2.82. The van der Waals surface area contributed by atoms with Crippen LogP contribution in [0.4, 0.5) is 0 Å². The molecule has 0 unspecified atom stereocenters. The zero-order valence-electron chi connectivity index (χ0n) is 8.50. The highest BCUT2D eigenvalue weighted by molar-refractivity contribution is 6.29. The average Bonchev–Trinajstić information content (AvgIpc) is 2.99. The van der Waals surface area contributed by atoms with Gasteiger partial charge in [-0.2, -0.15) is 0 Å². The number of halogens is 1. The third-order valence-corrected chi connectivity index (χ3v) is 3.01. The predicted molar refractivity (Wildman–Crippen MR) is 56.9 cm³/mol. The van der Waals surface area contributed by atoms with Gasteiger partial charge in [-0.1, -0.05) is 11.6 Å². The Morgan fingerprint density at radius 2 is 2.27 bits per heavy atom. The summed E-state index contributed by atoms with van der Waals surface area (Å²) in [5.41, 5.74) is 1.01. The second kappa shape index (κ2) is 3.96. The number of pyridine rings is 1. The average molecular weight is 229 g/mol. The van der Waals surface area contributed by atoms with E-state index in [1.165, 1.54) is 0 Å². The molecule has 1 saturated carbocycles. The van der Waals surface area contributed by atoms with Crippen molar-refractivity contribution in [1.82, 2.24) is 4.98 Å². The summed E-state index contributed by atoms with van der Waals surface area (Å²) in [5.74, 6) is 5.69. The third kappa shape index (κ3) is 1.93. The topological polar surface area (TPSA) is 57.4 Å². The fourth-order valence-corrected chi connectivity index (χ4v) is 1.92. The van der Waals surface area contributed by atoms with Crippen molar-refractivity contribution in [3.8, 4) is 5.88 Å². The number of hydrogen-bond acceptors (Lipinski definition) is 4. The molecular formula is C10H13ClN2O2. The zero-order chi connectivity index (χ0) is 10.9. The van der Waals surface area contributed by atoms with Gasteiger partial charge in [0.2, 0.25) is 5.88 Å². The molecule has 0 radical (unpaired) electrons. The van der Waals surface area contributed by atoms with Crippen LogP contribution < -0.4 is 10.6 Å². The molecule has 2 N–H and O–H groups in total. The van der Waals surface area contributed by atoms with Gasteiger partial charge in [0.15, 0.2) is 0 Å². The van der Waals surface area contributed by atoms with Gasteiger partial charge >= 0.3 is 0 Å². The Bertz CT molecular complexity index is 366. The van der Waals surface area contributed by atoms with E-state index in [1.54, 1.807) is 13.2 Å². The quantitative estimate of drug-likeness (QED) is 0.629. The molecule has 0 saturated heterocycles. The van der Waals surface area contributed by atoms with Crippen LogP contribution in [0.25, 0.3) is 0 Å². The first-order valence-electron chi connectivity index (χ1n) is 4.74. The number of methoxy groups -OCH3 is 1. The normalized spacial score (nSPS) is 17.5. The van der Waals surface area contributed by atoms with Gasteiger partial charge in [-0.15, -0.1) is 0 Å². The van der Waals surface area contributed by atoms with E-state index in [0.717, 1.165) is 18.4 Å². The summed E-state index contributed by atoms with van der Waals surface area (Å²) in [6.45, 7) is 0.493. The summed E-state index contributed by atoms with van der Waals surface area (Å²) in [4.78, 5) is 8.86. The summed E-state index contributed by atoms with van der Waals surface area (Å²) in [5, 5.41) is 0.431. The minimum atomic E-state index is -0.0162. The maximum Gasteiger partial charge on any atom is 0.218 e. The van der Waals surface area contributed by atoms with Gasteiger partial charge in [0.05, 0.1) is 13.7 Å². The molecule has 0 spiro atoms. The lowest BCUT2D eigenvalue weighted by molar-refractivity contribution is 0.115. The van der Waals surface area contributed by atoms with E-state index in [9.17, 15) is 0 Å². The number of rotatable bonds is 4. The molecule has 0 atom stereocenters. The molecule has 15 heavy (non-hydrogen) atoms. The van der Waals surface area contributed by atoms with Crippen LogP contribution in [0, 0.1) is 0 Å². The molecule has 1 aliphatic carbocycles. The fourth-order valence-electron chi connectivity index (χ4n) is 1.78. The van der Waals surface area contributed by atoms with Crippen LogP contribution in [0.2, 0.25) is 5.15 Å². The van der Waals surface area contributed by atoms with E-state index >= 15 is 0 Å². The zero-order valence-corrected chi connectivity index (χ0v) is 9.25. The van der Waals surface area contributed by atoms with Crippen molar-refractivity contribution in [1.29, 1.82) is 0 Å². The summed E-state index contributed by atoms with van der Waals surface area (Å²) in [6.07, 6.45) is 2.09. The lowest BCUT2D eigenvalue weighted by atomic mass is 9.98. The standard InChI is InChI=1S/C10H13ClN2O2/c1-14-9-7(2-3-8(11)13-9)10(4-5-10)6-15-12/h2-3H,4-6,12H2,1H3. The maximum absolute atomic E-state index is 5.80. The van der Waals surface area contributed by atoms with Crippen LogP contribution in [0.3, 0.4) is 0 Å². The van der Waals surface area contributed by atoms with Crippen molar-refractivity contribution in [2.24, 2.45) is 5.90 Å². The third-order valence-electron chi connectivity index (χ3n) is 2.80. The van der Waals surface area contributed by atoms with E-state index in [4.69, 9.17) is 27.1 Å². The number of nitrogens with zero attached hydrogens (tertiary/aromatic N) is 1. The molecule has 1 aromatic rings. The van der Waals surface area contributed by atoms with Crippen molar-refractivity contribution in [3.63, 3.8) is 0 Å². The van der Waals surface area contributed by atoms with Gasteiger partial charge in [-0.3, -0.25) is 0 Å². The SMILES string of the molecule is COc1nc(Cl)ccc1C1(CON)CC1. The summed E-state index contributed by atoms with van der Waals surface area (Å²) in [7, 11) is 1.58. The largest absolute Gasteiger partial charge is 0.481 e. The minimum Gasteiger partial charge on any atom is -0.481 e. The van der Waals surface area contributed by atoms with Crippen LogP contribution >= 0.6 is 11.6 Å². The molecule has 0 amide bonds. The summed E-state index contributed by atoms with van der Waals surface area (Å²) >= 11 is 5.80. The van der Waals surface area contributed by atoms with Gasteiger partial charge < -0.3 is 9.57 Å². The molecule has 4 nitrogen and oxygen atoms in total. The molecule has 2 rings (SSSR count). The molecule has 1 aliphatic rings. The number of nitrogens with two attached hydrogens (primary N) is 1. The number of aromatic nitrogens is 1. The molecule has 0 aliphatic heterocycles. The molecule has 82 valence electrons. The Hall–Kier alpha value is -0.840. The molecule has 1 aromatic heterocycles. The van der Waals surface area contributed by atoms with Gasteiger partial charge in [0, 0.05) is 11.0 Å². The molecular weight excluding hydrogens is 216 g/mol. The van der Waals surface area contributed by atoms with Crippen LogP contribution in [0.5, 0.6) is 5.88 Å². The first-order chi connectivity index (χ1) is 7.22. The molecule has 1 heterocycles. The van der Waals surface area contributed by atoms with Crippen molar-refractivity contribution >= 4 is 11.6 Å². The first-order valence-corrected chi connectivity index (χ1v) is 5.12. The van der Waals surface area contributed by atoms with Crippen molar-refractivity contribution in [2.75, 3.05) is 13.7 Å². The first kappa shape index (κ1) is 10.7. The van der Waals surface area contributed by atoms with Crippen LogP contribution in [-0.4, -0.2) is 18.7 Å². The monoisotopic (exact) mass is 228 g/mol. The predicted octanol–water partition coefficient (Wildman–Crippen LogP) is 1.67. The van der Waals surface area contributed by atoms with Gasteiger partial charge in [-0.25, -0.2) is 10.9 Å². The van der Waals surface area contributed by atoms with Gasteiger partial charge in [-0.05, 0) is 25.0 Å². The summed E-state index contributed by atoms with van der Waals surface area (Å²) in [6, 6.07) is 3.69. The highest BCUT2D eigenvalue weighted by Gasteiger charge is 2.47. The van der Waals surface area contributed by atoms with Crippen LogP contribution in [-0.2, 0) is 10.3 Å². The highest BCUT2D eigenvalue weighted by Crippen LogP contribution is 2.50. The Balaban J connectivity index is 2.35. The van der Waals surface area contributed by atoms with E-state index in [2.05, 4.69) is 4.98 Å². The van der Waals surface area contributed by atoms with Gasteiger partial charge in [0.25, 0.3) is 0 Å². The Labute approximate surface area is 93.3 Å².